The SMILES string of the molecule is COc1ccccc1C1(CCO)COC1. The van der Waals surface area contributed by atoms with Crippen molar-refractivity contribution in [2.24, 2.45) is 0 Å². The predicted octanol–water partition coefficient (Wildman–Crippen LogP) is 1.35. The van der Waals surface area contributed by atoms with Gasteiger partial charge in [-0.2, -0.15) is 0 Å². The van der Waals surface area contributed by atoms with E-state index in [4.69, 9.17) is 14.6 Å². The lowest BCUT2D eigenvalue weighted by Crippen LogP contribution is -2.47. The summed E-state index contributed by atoms with van der Waals surface area (Å²) in [5.41, 5.74) is 1.11. The molecule has 0 spiro atoms. The Labute approximate surface area is 89.6 Å². The minimum absolute atomic E-state index is 0.0403. The van der Waals surface area contributed by atoms with Crippen molar-refractivity contribution in [1.82, 2.24) is 0 Å². The van der Waals surface area contributed by atoms with E-state index < -0.39 is 0 Å². The van der Waals surface area contributed by atoms with Crippen LogP contribution in [0.15, 0.2) is 24.3 Å². The molecule has 15 heavy (non-hydrogen) atoms. The second-order valence-corrected chi connectivity index (χ2v) is 3.95. The summed E-state index contributed by atoms with van der Waals surface area (Å²) in [4.78, 5) is 0. The summed E-state index contributed by atoms with van der Waals surface area (Å²) in [6.45, 7) is 1.53. The van der Waals surface area contributed by atoms with Gasteiger partial charge in [-0.1, -0.05) is 18.2 Å². The maximum absolute atomic E-state index is 9.10. The molecule has 3 nitrogen and oxygen atoms in total. The Bertz CT molecular complexity index is 331. The highest BCUT2D eigenvalue weighted by Gasteiger charge is 2.41. The number of ether oxygens (including phenoxy) is 2. The van der Waals surface area contributed by atoms with Crippen molar-refractivity contribution in [2.75, 3.05) is 26.9 Å². The molecule has 1 heterocycles. The maximum Gasteiger partial charge on any atom is 0.122 e. The zero-order chi connectivity index (χ0) is 10.7. The molecule has 1 aromatic carbocycles. The molecule has 3 heteroatoms. The molecule has 1 aromatic rings. The molecule has 0 saturated carbocycles. The molecule has 1 aliphatic rings. The van der Waals surface area contributed by atoms with Gasteiger partial charge in [0.1, 0.15) is 5.75 Å². The average Bonchev–Trinajstić information content (AvgIpc) is 2.23. The number of hydrogen-bond donors (Lipinski definition) is 1. The van der Waals surface area contributed by atoms with Gasteiger partial charge in [0.2, 0.25) is 0 Å². The first kappa shape index (κ1) is 10.5. The Morgan fingerprint density at radius 2 is 2.13 bits per heavy atom. The van der Waals surface area contributed by atoms with Gasteiger partial charge in [0, 0.05) is 17.6 Å². The van der Waals surface area contributed by atoms with E-state index in [1.54, 1.807) is 7.11 Å². The zero-order valence-corrected chi connectivity index (χ0v) is 8.90. The Kier molecular flexibility index (Phi) is 2.93. The Balaban J connectivity index is 2.33. The molecular weight excluding hydrogens is 192 g/mol. The summed E-state index contributed by atoms with van der Waals surface area (Å²) in [5.74, 6) is 0.884. The monoisotopic (exact) mass is 208 g/mol. The fraction of sp³-hybridized carbons (Fsp3) is 0.500. The standard InChI is InChI=1S/C12H16O3/c1-14-11-5-3-2-4-10(11)12(6-7-13)8-15-9-12/h2-5,13H,6-9H2,1H3. The summed E-state index contributed by atoms with van der Waals surface area (Å²) < 4.78 is 10.6. The highest BCUT2D eigenvalue weighted by Crippen LogP contribution is 2.40. The van der Waals surface area contributed by atoms with Gasteiger partial charge in [-0.15, -0.1) is 0 Å². The van der Waals surface area contributed by atoms with Crippen LogP contribution in [0.2, 0.25) is 0 Å². The van der Waals surface area contributed by atoms with Crippen molar-refractivity contribution in [3.8, 4) is 5.75 Å². The lowest BCUT2D eigenvalue weighted by Gasteiger charge is -2.42. The van der Waals surface area contributed by atoms with Crippen LogP contribution in [0.5, 0.6) is 5.75 Å². The second kappa shape index (κ2) is 4.21. The van der Waals surface area contributed by atoms with Crippen molar-refractivity contribution in [1.29, 1.82) is 0 Å². The zero-order valence-electron chi connectivity index (χ0n) is 8.90. The van der Waals surface area contributed by atoms with Crippen LogP contribution in [0.25, 0.3) is 0 Å². The molecule has 1 saturated heterocycles. The van der Waals surface area contributed by atoms with Crippen LogP contribution < -0.4 is 4.74 Å². The molecule has 1 fully saturated rings. The fourth-order valence-corrected chi connectivity index (χ4v) is 2.08. The predicted molar refractivity (Wildman–Crippen MR) is 57.2 cm³/mol. The lowest BCUT2D eigenvalue weighted by molar-refractivity contribution is -0.0709. The van der Waals surface area contributed by atoms with E-state index in [9.17, 15) is 0 Å². The van der Waals surface area contributed by atoms with Crippen molar-refractivity contribution < 1.29 is 14.6 Å². The molecular formula is C12H16O3. The highest BCUT2D eigenvalue weighted by atomic mass is 16.5. The number of aliphatic hydroxyl groups is 1. The fourth-order valence-electron chi connectivity index (χ4n) is 2.08. The summed E-state index contributed by atoms with van der Waals surface area (Å²) in [6, 6.07) is 7.95. The van der Waals surface area contributed by atoms with Crippen LogP contribution in [0.3, 0.4) is 0 Å². The number of methoxy groups -OCH3 is 1. The normalized spacial score (nSPS) is 18.3. The van der Waals surface area contributed by atoms with Gasteiger partial charge in [0.25, 0.3) is 0 Å². The topological polar surface area (TPSA) is 38.7 Å². The average molecular weight is 208 g/mol. The van der Waals surface area contributed by atoms with Gasteiger partial charge < -0.3 is 14.6 Å². The third kappa shape index (κ3) is 1.73. The third-order valence-electron chi connectivity index (χ3n) is 3.03. The largest absolute Gasteiger partial charge is 0.496 e. The van der Waals surface area contributed by atoms with Crippen LogP contribution in [-0.2, 0) is 10.2 Å². The van der Waals surface area contributed by atoms with Gasteiger partial charge in [0.15, 0.2) is 0 Å². The van der Waals surface area contributed by atoms with Gasteiger partial charge in [0.05, 0.1) is 20.3 Å². The molecule has 0 aliphatic carbocycles. The summed E-state index contributed by atoms with van der Waals surface area (Å²) >= 11 is 0. The first-order valence-electron chi connectivity index (χ1n) is 5.14. The van der Waals surface area contributed by atoms with E-state index >= 15 is 0 Å². The Hall–Kier alpha value is -1.06. The minimum atomic E-state index is -0.0403. The van der Waals surface area contributed by atoms with Gasteiger partial charge in [-0.05, 0) is 12.5 Å². The molecule has 0 amide bonds. The molecule has 1 N–H and O–H groups in total. The van der Waals surface area contributed by atoms with Crippen LogP contribution in [0, 0.1) is 0 Å². The summed E-state index contributed by atoms with van der Waals surface area (Å²) in [5, 5.41) is 9.10. The molecule has 0 bridgehead atoms. The van der Waals surface area contributed by atoms with Crippen molar-refractivity contribution >= 4 is 0 Å². The quantitative estimate of drug-likeness (QED) is 0.811. The van der Waals surface area contributed by atoms with Crippen LogP contribution in [-0.4, -0.2) is 32.0 Å². The number of hydrogen-bond acceptors (Lipinski definition) is 3. The Morgan fingerprint density at radius 1 is 1.40 bits per heavy atom. The number of para-hydroxylation sites is 1. The van der Waals surface area contributed by atoms with Crippen LogP contribution >= 0.6 is 0 Å². The van der Waals surface area contributed by atoms with Crippen molar-refractivity contribution in [3.05, 3.63) is 29.8 Å². The second-order valence-electron chi connectivity index (χ2n) is 3.95. The molecule has 0 aromatic heterocycles. The van der Waals surface area contributed by atoms with Crippen LogP contribution in [0.1, 0.15) is 12.0 Å². The van der Waals surface area contributed by atoms with E-state index in [1.165, 1.54) is 0 Å². The summed E-state index contributed by atoms with van der Waals surface area (Å²) in [6.07, 6.45) is 0.730. The lowest BCUT2D eigenvalue weighted by atomic mass is 9.75. The molecule has 0 radical (unpaired) electrons. The first-order chi connectivity index (χ1) is 7.32. The molecule has 82 valence electrons. The number of benzene rings is 1. The highest BCUT2D eigenvalue weighted by molar-refractivity contribution is 5.41. The van der Waals surface area contributed by atoms with Crippen molar-refractivity contribution in [2.45, 2.75) is 11.8 Å². The molecule has 1 aliphatic heterocycles. The number of rotatable bonds is 4. The van der Waals surface area contributed by atoms with E-state index in [0.717, 1.165) is 17.7 Å². The molecule has 0 atom stereocenters. The molecule has 0 unspecified atom stereocenters. The van der Waals surface area contributed by atoms with Crippen LogP contribution in [0.4, 0.5) is 0 Å². The van der Waals surface area contributed by atoms with E-state index in [1.807, 2.05) is 18.2 Å². The van der Waals surface area contributed by atoms with Gasteiger partial charge >= 0.3 is 0 Å². The summed E-state index contributed by atoms with van der Waals surface area (Å²) in [7, 11) is 1.67. The minimum Gasteiger partial charge on any atom is -0.496 e. The van der Waals surface area contributed by atoms with Gasteiger partial charge in [-0.25, -0.2) is 0 Å². The van der Waals surface area contributed by atoms with Crippen molar-refractivity contribution in [3.63, 3.8) is 0 Å². The Morgan fingerprint density at radius 3 is 2.67 bits per heavy atom. The van der Waals surface area contributed by atoms with Gasteiger partial charge in [-0.3, -0.25) is 0 Å². The van der Waals surface area contributed by atoms with E-state index in [2.05, 4.69) is 6.07 Å². The smallest absolute Gasteiger partial charge is 0.122 e. The third-order valence-corrected chi connectivity index (χ3v) is 3.03. The van der Waals surface area contributed by atoms with E-state index in [0.29, 0.717) is 13.2 Å². The number of aliphatic hydroxyl groups excluding tert-OH is 1. The first-order valence-corrected chi connectivity index (χ1v) is 5.14. The molecule has 2 rings (SSSR count). The maximum atomic E-state index is 9.10. The van der Waals surface area contributed by atoms with E-state index in [-0.39, 0.29) is 12.0 Å².